The van der Waals surface area contributed by atoms with E-state index in [9.17, 15) is 4.79 Å². The van der Waals surface area contributed by atoms with Crippen LogP contribution in [0.5, 0.6) is 5.75 Å². The number of aryl methyl sites for hydroxylation is 2. The fourth-order valence-electron chi connectivity index (χ4n) is 2.96. The third kappa shape index (κ3) is 2.39. The van der Waals surface area contributed by atoms with Crippen LogP contribution in [-0.2, 0) is 11.8 Å². The first-order chi connectivity index (χ1) is 10.1. The molecule has 1 amide bonds. The molecule has 110 valence electrons. The third-order valence-electron chi connectivity index (χ3n) is 3.86. The summed E-state index contributed by atoms with van der Waals surface area (Å²) in [6, 6.07) is 7.97. The molecular weight excluding hydrogens is 266 g/mol. The van der Waals surface area contributed by atoms with Crippen LogP contribution in [0.3, 0.4) is 0 Å². The quantitative estimate of drug-likeness (QED) is 0.943. The van der Waals surface area contributed by atoms with Gasteiger partial charge in [0, 0.05) is 24.9 Å². The van der Waals surface area contributed by atoms with E-state index in [1.54, 1.807) is 4.68 Å². The Labute approximate surface area is 123 Å². The molecule has 0 fully saturated rings. The molecule has 21 heavy (non-hydrogen) atoms. The minimum atomic E-state index is 0.0318. The fraction of sp³-hybridized carbons (Fsp3) is 0.375. The first-order valence-electron chi connectivity index (χ1n) is 7.16. The minimum Gasteiger partial charge on any atom is -0.494 e. The predicted molar refractivity (Wildman–Crippen MR) is 80.6 cm³/mol. The normalized spacial score (nSPS) is 17.3. The molecule has 1 aromatic heterocycles. The van der Waals surface area contributed by atoms with Crippen LogP contribution < -0.4 is 10.1 Å². The van der Waals surface area contributed by atoms with E-state index >= 15 is 0 Å². The molecule has 1 N–H and O–H groups in total. The Hall–Kier alpha value is -2.30. The Balaban J connectivity index is 2.01. The molecule has 1 atom stereocenters. The highest BCUT2D eigenvalue weighted by molar-refractivity contribution is 5.94. The minimum absolute atomic E-state index is 0.0318. The molecule has 0 aliphatic carbocycles. The summed E-state index contributed by atoms with van der Waals surface area (Å²) in [7, 11) is 1.85. The number of ether oxygens (including phenoxy) is 1. The van der Waals surface area contributed by atoms with Crippen LogP contribution in [0, 0.1) is 6.92 Å². The molecule has 0 saturated heterocycles. The van der Waals surface area contributed by atoms with Crippen LogP contribution in [0.1, 0.15) is 36.1 Å². The predicted octanol–water partition coefficient (Wildman–Crippen LogP) is 2.60. The van der Waals surface area contributed by atoms with Gasteiger partial charge in [0.1, 0.15) is 11.6 Å². The molecule has 1 aliphatic rings. The van der Waals surface area contributed by atoms with Gasteiger partial charge in [0.15, 0.2) is 0 Å². The lowest BCUT2D eigenvalue weighted by atomic mass is 9.86. The number of rotatable bonds is 3. The molecular formula is C16H19N3O2. The van der Waals surface area contributed by atoms with Gasteiger partial charge in [-0.05, 0) is 31.5 Å². The summed E-state index contributed by atoms with van der Waals surface area (Å²) in [5.41, 5.74) is 3.19. The largest absolute Gasteiger partial charge is 0.494 e. The van der Waals surface area contributed by atoms with Crippen molar-refractivity contribution in [1.29, 1.82) is 0 Å². The number of carbonyl (C=O) groups is 1. The van der Waals surface area contributed by atoms with Crippen molar-refractivity contribution in [3.8, 4) is 5.75 Å². The molecule has 1 aliphatic heterocycles. The van der Waals surface area contributed by atoms with E-state index in [0.717, 1.165) is 28.4 Å². The van der Waals surface area contributed by atoms with Gasteiger partial charge in [-0.15, -0.1) is 0 Å². The van der Waals surface area contributed by atoms with Crippen LogP contribution in [0.15, 0.2) is 24.3 Å². The van der Waals surface area contributed by atoms with Crippen molar-refractivity contribution in [2.45, 2.75) is 26.2 Å². The molecule has 1 aromatic carbocycles. The second-order valence-electron chi connectivity index (χ2n) is 5.28. The molecule has 5 nitrogen and oxygen atoms in total. The topological polar surface area (TPSA) is 56.1 Å². The second-order valence-corrected chi connectivity index (χ2v) is 5.28. The van der Waals surface area contributed by atoms with Gasteiger partial charge in [0.25, 0.3) is 0 Å². The van der Waals surface area contributed by atoms with Crippen molar-refractivity contribution in [1.82, 2.24) is 9.78 Å². The molecule has 5 heteroatoms. The Morgan fingerprint density at radius 3 is 2.76 bits per heavy atom. The van der Waals surface area contributed by atoms with E-state index in [2.05, 4.69) is 10.4 Å². The number of carbonyl (C=O) groups excluding carboxylic acids is 1. The highest BCUT2D eigenvalue weighted by atomic mass is 16.5. The van der Waals surface area contributed by atoms with E-state index < -0.39 is 0 Å². The molecule has 0 bridgehead atoms. The Morgan fingerprint density at radius 2 is 2.10 bits per heavy atom. The van der Waals surface area contributed by atoms with Crippen molar-refractivity contribution in [2.75, 3.05) is 11.9 Å². The molecule has 2 aromatic rings. The van der Waals surface area contributed by atoms with Gasteiger partial charge < -0.3 is 10.1 Å². The molecule has 0 saturated carbocycles. The first kappa shape index (κ1) is 13.7. The summed E-state index contributed by atoms with van der Waals surface area (Å²) in [5, 5.41) is 7.34. The van der Waals surface area contributed by atoms with E-state index in [4.69, 9.17) is 4.74 Å². The molecule has 1 unspecified atom stereocenters. The average molecular weight is 285 g/mol. The molecule has 0 spiro atoms. The summed E-state index contributed by atoms with van der Waals surface area (Å²) in [6.07, 6.45) is 0.452. The fourth-order valence-corrected chi connectivity index (χ4v) is 2.96. The van der Waals surface area contributed by atoms with Crippen molar-refractivity contribution >= 4 is 11.7 Å². The monoisotopic (exact) mass is 285 g/mol. The number of benzene rings is 1. The number of amides is 1. The Kier molecular flexibility index (Phi) is 3.41. The van der Waals surface area contributed by atoms with Gasteiger partial charge >= 0.3 is 0 Å². The lowest BCUT2D eigenvalue weighted by molar-refractivity contribution is -0.116. The van der Waals surface area contributed by atoms with Crippen molar-refractivity contribution in [2.24, 2.45) is 7.05 Å². The van der Waals surface area contributed by atoms with Gasteiger partial charge in [-0.3, -0.25) is 9.48 Å². The van der Waals surface area contributed by atoms with Crippen LogP contribution in [0.2, 0.25) is 0 Å². The zero-order valence-electron chi connectivity index (χ0n) is 12.5. The smallest absolute Gasteiger partial charge is 0.226 e. The maximum Gasteiger partial charge on any atom is 0.226 e. The highest BCUT2D eigenvalue weighted by Crippen LogP contribution is 2.39. The zero-order chi connectivity index (χ0) is 15.0. The number of aromatic nitrogens is 2. The van der Waals surface area contributed by atoms with Crippen molar-refractivity contribution in [3.63, 3.8) is 0 Å². The molecule has 0 radical (unpaired) electrons. The zero-order valence-corrected chi connectivity index (χ0v) is 12.5. The summed E-state index contributed by atoms with van der Waals surface area (Å²) < 4.78 is 7.21. The van der Waals surface area contributed by atoms with Crippen LogP contribution in [-0.4, -0.2) is 22.3 Å². The number of fused-ring (bicyclic) bond motifs is 1. The standard InChI is InChI=1S/C16H19N3O2/c1-4-21-12-7-5-11(6-8-12)13-9-14(20)17-16-15(13)10(2)18-19(16)3/h5-8,13H,4,9H2,1-3H3,(H,17,20). The number of nitrogens with zero attached hydrogens (tertiary/aromatic N) is 2. The number of hydrogen-bond donors (Lipinski definition) is 1. The average Bonchev–Trinajstić information content (AvgIpc) is 2.74. The lowest BCUT2D eigenvalue weighted by Gasteiger charge is -2.24. The van der Waals surface area contributed by atoms with E-state index in [-0.39, 0.29) is 11.8 Å². The maximum absolute atomic E-state index is 12.0. The second kappa shape index (κ2) is 5.24. The lowest BCUT2D eigenvalue weighted by Crippen LogP contribution is -2.24. The highest BCUT2D eigenvalue weighted by Gasteiger charge is 2.31. The molecule has 3 rings (SSSR count). The summed E-state index contributed by atoms with van der Waals surface area (Å²) in [5.74, 6) is 1.75. The van der Waals surface area contributed by atoms with Gasteiger partial charge in [0.2, 0.25) is 5.91 Å². The number of nitrogens with one attached hydrogen (secondary N) is 1. The Bertz CT molecular complexity index is 674. The summed E-state index contributed by atoms with van der Waals surface area (Å²) >= 11 is 0. The van der Waals surface area contributed by atoms with E-state index in [1.165, 1.54) is 0 Å². The first-order valence-corrected chi connectivity index (χ1v) is 7.16. The van der Waals surface area contributed by atoms with Crippen molar-refractivity contribution in [3.05, 3.63) is 41.1 Å². The van der Waals surface area contributed by atoms with Gasteiger partial charge in [0.05, 0.1) is 12.3 Å². The summed E-state index contributed by atoms with van der Waals surface area (Å²) in [6.45, 7) is 4.60. The maximum atomic E-state index is 12.0. The van der Waals surface area contributed by atoms with Crippen LogP contribution in [0.4, 0.5) is 5.82 Å². The van der Waals surface area contributed by atoms with Gasteiger partial charge in [-0.25, -0.2) is 0 Å². The Morgan fingerprint density at radius 1 is 1.38 bits per heavy atom. The van der Waals surface area contributed by atoms with Gasteiger partial charge in [-0.2, -0.15) is 5.10 Å². The third-order valence-corrected chi connectivity index (χ3v) is 3.86. The van der Waals surface area contributed by atoms with Crippen LogP contribution >= 0.6 is 0 Å². The number of hydrogen-bond acceptors (Lipinski definition) is 3. The molecule has 2 heterocycles. The van der Waals surface area contributed by atoms with E-state index in [1.807, 2.05) is 45.2 Å². The van der Waals surface area contributed by atoms with Gasteiger partial charge in [-0.1, -0.05) is 12.1 Å². The summed E-state index contributed by atoms with van der Waals surface area (Å²) in [4.78, 5) is 12.0. The van der Waals surface area contributed by atoms with Crippen molar-refractivity contribution < 1.29 is 9.53 Å². The van der Waals surface area contributed by atoms with Crippen LogP contribution in [0.25, 0.3) is 0 Å². The number of anilines is 1. The SMILES string of the molecule is CCOc1ccc(C2CC(=O)Nc3c2c(C)nn3C)cc1. The van der Waals surface area contributed by atoms with E-state index in [0.29, 0.717) is 13.0 Å².